The summed E-state index contributed by atoms with van der Waals surface area (Å²) in [4.78, 5) is 22.1. The van der Waals surface area contributed by atoms with Crippen molar-refractivity contribution >= 4 is 11.9 Å². The van der Waals surface area contributed by atoms with Gasteiger partial charge >= 0.3 is 11.9 Å². The number of rotatable bonds is 8. The Labute approximate surface area is 136 Å². The molecule has 23 heavy (non-hydrogen) atoms. The number of hydrogen-bond donors (Lipinski definition) is 3. The Morgan fingerprint density at radius 1 is 1.13 bits per heavy atom. The van der Waals surface area contributed by atoms with Gasteiger partial charge in [0.1, 0.15) is 0 Å². The number of benzene rings is 1. The van der Waals surface area contributed by atoms with Crippen molar-refractivity contribution in [2.75, 3.05) is 6.61 Å². The average Bonchev–Trinajstić information content (AvgIpc) is 2.52. The maximum Gasteiger partial charge on any atom is 0.306 e. The lowest BCUT2D eigenvalue weighted by Crippen LogP contribution is -2.21. The largest absolute Gasteiger partial charge is 0.481 e. The topological polar surface area (TPSA) is 94.8 Å². The summed E-state index contributed by atoms with van der Waals surface area (Å²) in [6.45, 7) is 1.56. The highest BCUT2D eigenvalue weighted by atomic mass is 16.4. The van der Waals surface area contributed by atoms with E-state index in [1.54, 1.807) is 0 Å². The first-order valence-corrected chi connectivity index (χ1v) is 7.58. The molecule has 0 aliphatic heterocycles. The summed E-state index contributed by atoms with van der Waals surface area (Å²) >= 11 is 0. The first-order valence-electron chi connectivity index (χ1n) is 7.58. The Hall–Kier alpha value is -2.32. The normalized spacial score (nSPS) is 12.8. The Morgan fingerprint density at radius 2 is 1.78 bits per heavy atom. The summed E-state index contributed by atoms with van der Waals surface area (Å²) in [5.41, 5.74) is 1.84. The van der Waals surface area contributed by atoms with Crippen LogP contribution in [0.3, 0.4) is 0 Å². The van der Waals surface area contributed by atoms with Crippen LogP contribution in [0.2, 0.25) is 0 Å². The first-order chi connectivity index (χ1) is 10.9. The molecule has 0 radical (unpaired) electrons. The number of carboxylic acid groups (broad SMARTS) is 2. The lowest BCUT2D eigenvalue weighted by Gasteiger charge is -2.14. The van der Waals surface area contributed by atoms with Gasteiger partial charge in [0.25, 0.3) is 0 Å². The van der Waals surface area contributed by atoms with E-state index in [4.69, 9.17) is 10.2 Å². The molecule has 0 heterocycles. The second kappa shape index (κ2) is 9.65. The van der Waals surface area contributed by atoms with Crippen LogP contribution in [0.25, 0.3) is 0 Å². The van der Waals surface area contributed by atoms with Gasteiger partial charge in [-0.1, -0.05) is 30.9 Å². The molecule has 0 amide bonds. The number of carbonyl (C=O) groups is 2. The van der Waals surface area contributed by atoms with E-state index in [1.807, 2.05) is 24.3 Å². The van der Waals surface area contributed by atoms with Crippen molar-refractivity contribution < 1.29 is 24.9 Å². The molecule has 0 spiro atoms. The molecular weight excluding hydrogens is 296 g/mol. The SMILES string of the molecule is CC(C[C@@H](CCc1ccc(C#CCCO)cc1)C(=O)O)C(=O)O. The second-order valence-electron chi connectivity index (χ2n) is 5.52. The van der Waals surface area contributed by atoms with Gasteiger partial charge in [0.15, 0.2) is 0 Å². The molecule has 0 fully saturated rings. The molecule has 3 N–H and O–H groups in total. The van der Waals surface area contributed by atoms with Crippen molar-refractivity contribution in [1.29, 1.82) is 0 Å². The smallest absolute Gasteiger partial charge is 0.306 e. The fourth-order valence-electron chi connectivity index (χ4n) is 2.19. The maximum atomic E-state index is 11.2. The van der Waals surface area contributed by atoms with Crippen LogP contribution in [0.1, 0.15) is 37.3 Å². The zero-order valence-corrected chi connectivity index (χ0v) is 13.2. The van der Waals surface area contributed by atoms with Crippen LogP contribution in [0.5, 0.6) is 0 Å². The molecule has 0 aliphatic rings. The highest BCUT2D eigenvalue weighted by Gasteiger charge is 2.23. The third-order valence-corrected chi connectivity index (χ3v) is 3.61. The van der Waals surface area contributed by atoms with Gasteiger partial charge in [0.05, 0.1) is 18.4 Å². The standard InChI is InChI=1S/C18H22O5/c1-13(17(20)21)12-16(18(22)23)10-9-15-7-5-14(6-8-15)4-2-3-11-19/h5-8,13,16,19H,3,9-12H2,1H3,(H,20,21)(H,22,23)/t13?,16-/m1/s1. The highest BCUT2D eigenvalue weighted by molar-refractivity contribution is 5.73. The Kier molecular flexibility index (Phi) is 7.86. The highest BCUT2D eigenvalue weighted by Crippen LogP contribution is 2.19. The van der Waals surface area contributed by atoms with E-state index in [0.29, 0.717) is 19.3 Å². The van der Waals surface area contributed by atoms with Crippen molar-refractivity contribution in [2.45, 2.75) is 32.6 Å². The molecule has 1 rings (SSSR count). The van der Waals surface area contributed by atoms with Gasteiger partial charge in [-0.05, 0) is 37.0 Å². The van der Waals surface area contributed by atoms with Crippen LogP contribution < -0.4 is 0 Å². The molecule has 1 unspecified atom stereocenters. The Bertz CT molecular complexity index is 580. The molecular formula is C18H22O5. The van der Waals surface area contributed by atoms with Gasteiger partial charge in [-0.3, -0.25) is 9.59 Å². The molecule has 1 aromatic carbocycles. The summed E-state index contributed by atoms with van der Waals surface area (Å²) < 4.78 is 0. The summed E-state index contributed by atoms with van der Waals surface area (Å²) in [6, 6.07) is 7.50. The van der Waals surface area contributed by atoms with E-state index in [1.165, 1.54) is 6.92 Å². The fraction of sp³-hybridized carbons (Fsp3) is 0.444. The number of hydrogen-bond acceptors (Lipinski definition) is 3. The minimum atomic E-state index is -0.970. The van der Waals surface area contributed by atoms with Gasteiger partial charge < -0.3 is 15.3 Å². The third-order valence-electron chi connectivity index (χ3n) is 3.61. The lowest BCUT2D eigenvalue weighted by molar-refractivity contribution is -0.145. The predicted molar refractivity (Wildman–Crippen MR) is 85.9 cm³/mol. The molecule has 0 aliphatic carbocycles. The fourth-order valence-corrected chi connectivity index (χ4v) is 2.19. The van der Waals surface area contributed by atoms with E-state index in [-0.39, 0.29) is 13.0 Å². The van der Waals surface area contributed by atoms with E-state index >= 15 is 0 Å². The second-order valence-corrected chi connectivity index (χ2v) is 5.52. The monoisotopic (exact) mass is 318 g/mol. The van der Waals surface area contributed by atoms with Gasteiger partial charge in [0, 0.05) is 12.0 Å². The maximum absolute atomic E-state index is 11.2. The summed E-state index contributed by atoms with van der Waals surface area (Å²) in [7, 11) is 0. The van der Waals surface area contributed by atoms with E-state index in [9.17, 15) is 14.7 Å². The van der Waals surface area contributed by atoms with Crippen LogP contribution in [0, 0.1) is 23.7 Å². The Morgan fingerprint density at radius 3 is 2.30 bits per heavy atom. The number of aryl methyl sites for hydroxylation is 1. The molecule has 5 nitrogen and oxygen atoms in total. The third kappa shape index (κ3) is 6.98. The zero-order valence-electron chi connectivity index (χ0n) is 13.2. The van der Waals surface area contributed by atoms with Crippen molar-refractivity contribution in [1.82, 2.24) is 0 Å². The summed E-state index contributed by atoms with van der Waals surface area (Å²) in [5, 5.41) is 26.8. The molecule has 1 aromatic rings. The van der Waals surface area contributed by atoms with Crippen molar-refractivity contribution in [3.05, 3.63) is 35.4 Å². The minimum Gasteiger partial charge on any atom is -0.481 e. The number of aliphatic hydroxyl groups excluding tert-OH is 1. The molecule has 0 saturated carbocycles. The molecule has 0 saturated heterocycles. The quantitative estimate of drug-likeness (QED) is 0.639. The number of carboxylic acids is 2. The van der Waals surface area contributed by atoms with E-state index in [2.05, 4.69) is 11.8 Å². The summed E-state index contributed by atoms with van der Waals surface area (Å²) in [5.74, 6) is 2.51. The first kappa shape index (κ1) is 18.7. The van der Waals surface area contributed by atoms with E-state index in [0.717, 1.165) is 11.1 Å². The van der Waals surface area contributed by atoms with Crippen LogP contribution in [-0.4, -0.2) is 33.9 Å². The van der Waals surface area contributed by atoms with Gasteiger partial charge in [-0.15, -0.1) is 0 Å². The van der Waals surface area contributed by atoms with Crippen LogP contribution in [-0.2, 0) is 16.0 Å². The molecule has 5 heteroatoms. The summed E-state index contributed by atoms with van der Waals surface area (Å²) in [6.07, 6.45) is 1.55. The molecule has 124 valence electrons. The molecule has 2 atom stereocenters. The lowest BCUT2D eigenvalue weighted by atomic mass is 9.90. The Balaban J connectivity index is 2.59. The minimum absolute atomic E-state index is 0.0381. The van der Waals surface area contributed by atoms with Crippen molar-refractivity contribution in [2.24, 2.45) is 11.8 Å². The molecule has 0 bridgehead atoms. The molecule has 0 aromatic heterocycles. The average molecular weight is 318 g/mol. The van der Waals surface area contributed by atoms with Crippen molar-refractivity contribution in [3.63, 3.8) is 0 Å². The van der Waals surface area contributed by atoms with E-state index < -0.39 is 23.8 Å². The van der Waals surface area contributed by atoms with Crippen molar-refractivity contribution in [3.8, 4) is 11.8 Å². The zero-order chi connectivity index (χ0) is 17.2. The van der Waals surface area contributed by atoms with Gasteiger partial charge in [-0.2, -0.15) is 0 Å². The van der Waals surface area contributed by atoms with Gasteiger partial charge in [0.2, 0.25) is 0 Å². The van der Waals surface area contributed by atoms with Crippen LogP contribution in [0.15, 0.2) is 24.3 Å². The van der Waals surface area contributed by atoms with Crippen LogP contribution >= 0.6 is 0 Å². The number of aliphatic carboxylic acids is 2. The number of aliphatic hydroxyl groups is 1. The van der Waals surface area contributed by atoms with Gasteiger partial charge in [-0.25, -0.2) is 0 Å². The van der Waals surface area contributed by atoms with Crippen LogP contribution in [0.4, 0.5) is 0 Å². The predicted octanol–water partition coefficient (Wildman–Crippen LogP) is 2.16.